The van der Waals surface area contributed by atoms with E-state index in [4.69, 9.17) is 5.73 Å². The molecule has 1 rings (SSSR count). The summed E-state index contributed by atoms with van der Waals surface area (Å²) >= 11 is 0. The van der Waals surface area contributed by atoms with Gasteiger partial charge >= 0.3 is 0 Å². The first-order valence-electron chi connectivity index (χ1n) is 4.48. The summed E-state index contributed by atoms with van der Waals surface area (Å²) in [5.41, 5.74) is 6.27. The van der Waals surface area contributed by atoms with Crippen molar-refractivity contribution in [2.75, 3.05) is 0 Å². The number of nitro benzene ring substituents is 1. The molecule has 0 heterocycles. The number of nitrogens with zero attached hydrogens (tertiary/aromatic N) is 1. The van der Waals surface area contributed by atoms with E-state index in [2.05, 4.69) is 0 Å². The fourth-order valence-electron chi connectivity index (χ4n) is 1.46. The standard InChI is InChI=1S/C10H12N2O3/c1-6-8(7(2)10(11)13)4-3-5-9(6)12(14)15/h3-5,7H,1-2H3,(H2,11,13). The number of carbonyl (C=O) groups is 1. The molecule has 1 aromatic carbocycles. The molecule has 0 radical (unpaired) electrons. The average molecular weight is 208 g/mol. The SMILES string of the molecule is Cc1c(C(C)C(N)=O)cccc1[N+](=O)[O-]. The normalized spacial score (nSPS) is 12.1. The Morgan fingerprint density at radius 1 is 1.53 bits per heavy atom. The third kappa shape index (κ3) is 2.12. The maximum Gasteiger partial charge on any atom is 0.272 e. The number of primary amides is 1. The molecule has 1 amide bonds. The number of amides is 1. The third-order valence-corrected chi connectivity index (χ3v) is 2.44. The molecule has 80 valence electrons. The molecule has 0 aliphatic rings. The first kappa shape index (κ1) is 11.2. The van der Waals surface area contributed by atoms with Gasteiger partial charge in [-0.25, -0.2) is 0 Å². The van der Waals surface area contributed by atoms with Gasteiger partial charge in [0.05, 0.1) is 10.8 Å². The smallest absolute Gasteiger partial charge is 0.272 e. The summed E-state index contributed by atoms with van der Waals surface area (Å²) in [6, 6.07) is 4.64. The van der Waals surface area contributed by atoms with Gasteiger partial charge in [0, 0.05) is 11.6 Å². The summed E-state index contributed by atoms with van der Waals surface area (Å²) in [6.07, 6.45) is 0. The van der Waals surface area contributed by atoms with Crippen LogP contribution in [-0.2, 0) is 4.79 Å². The predicted octanol–water partition coefficient (Wildman–Crippen LogP) is 1.49. The lowest BCUT2D eigenvalue weighted by atomic mass is 9.95. The van der Waals surface area contributed by atoms with Gasteiger partial charge < -0.3 is 5.73 Å². The highest BCUT2D eigenvalue weighted by Crippen LogP contribution is 2.26. The second kappa shape index (κ2) is 4.08. The van der Waals surface area contributed by atoms with Crippen LogP contribution >= 0.6 is 0 Å². The number of carbonyl (C=O) groups excluding carboxylic acids is 1. The summed E-state index contributed by atoms with van der Waals surface area (Å²) in [5, 5.41) is 10.7. The molecule has 0 aromatic heterocycles. The van der Waals surface area contributed by atoms with Crippen molar-refractivity contribution in [3.05, 3.63) is 39.4 Å². The van der Waals surface area contributed by atoms with E-state index in [1.54, 1.807) is 26.0 Å². The van der Waals surface area contributed by atoms with Crippen molar-refractivity contribution in [1.29, 1.82) is 0 Å². The molecular weight excluding hydrogens is 196 g/mol. The number of hydrogen-bond acceptors (Lipinski definition) is 3. The van der Waals surface area contributed by atoms with Crippen LogP contribution in [0.3, 0.4) is 0 Å². The lowest BCUT2D eigenvalue weighted by Crippen LogP contribution is -2.19. The van der Waals surface area contributed by atoms with Crippen molar-refractivity contribution in [1.82, 2.24) is 0 Å². The van der Waals surface area contributed by atoms with E-state index in [0.717, 1.165) is 0 Å². The van der Waals surface area contributed by atoms with Crippen molar-refractivity contribution >= 4 is 11.6 Å². The minimum Gasteiger partial charge on any atom is -0.369 e. The Balaban J connectivity index is 3.26. The molecule has 0 aliphatic heterocycles. The van der Waals surface area contributed by atoms with Crippen LogP contribution in [0.25, 0.3) is 0 Å². The van der Waals surface area contributed by atoms with Gasteiger partial charge in [0.2, 0.25) is 5.91 Å². The molecular formula is C10H12N2O3. The fourth-order valence-corrected chi connectivity index (χ4v) is 1.46. The molecule has 15 heavy (non-hydrogen) atoms. The highest BCUT2D eigenvalue weighted by atomic mass is 16.6. The zero-order chi connectivity index (χ0) is 11.6. The average Bonchev–Trinajstić information content (AvgIpc) is 2.16. The number of benzene rings is 1. The largest absolute Gasteiger partial charge is 0.369 e. The molecule has 5 nitrogen and oxygen atoms in total. The number of hydrogen-bond donors (Lipinski definition) is 1. The maximum absolute atomic E-state index is 11.0. The molecule has 0 bridgehead atoms. The van der Waals surface area contributed by atoms with Gasteiger partial charge in [0.15, 0.2) is 0 Å². The Bertz CT molecular complexity index is 415. The quantitative estimate of drug-likeness (QED) is 0.603. The lowest BCUT2D eigenvalue weighted by Gasteiger charge is -2.10. The van der Waals surface area contributed by atoms with E-state index in [9.17, 15) is 14.9 Å². The Hall–Kier alpha value is -1.91. The second-order valence-electron chi connectivity index (χ2n) is 3.37. The highest BCUT2D eigenvalue weighted by molar-refractivity contribution is 5.82. The van der Waals surface area contributed by atoms with Crippen molar-refractivity contribution in [3.8, 4) is 0 Å². The molecule has 0 aliphatic carbocycles. The van der Waals surface area contributed by atoms with E-state index >= 15 is 0 Å². The van der Waals surface area contributed by atoms with Crippen molar-refractivity contribution in [3.63, 3.8) is 0 Å². The van der Waals surface area contributed by atoms with Gasteiger partial charge in [-0.3, -0.25) is 14.9 Å². The van der Waals surface area contributed by atoms with Gasteiger partial charge in [-0.15, -0.1) is 0 Å². The van der Waals surface area contributed by atoms with E-state index in [0.29, 0.717) is 11.1 Å². The lowest BCUT2D eigenvalue weighted by molar-refractivity contribution is -0.385. The van der Waals surface area contributed by atoms with Crippen LogP contribution < -0.4 is 5.73 Å². The van der Waals surface area contributed by atoms with E-state index < -0.39 is 16.7 Å². The molecule has 0 spiro atoms. The van der Waals surface area contributed by atoms with Crippen LogP contribution in [0.1, 0.15) is 24.0 Å². The molecule has 0 saturated heterocycles. The summed E-state index contributed by atoms with van der Waals surface area (Å²) in [4.78, 5) is 21.2. The van der Waals surface area contributed by atoms with Gasteiger partial charge in [-0.1, -0.05) is 12.1 Å². The Morgan fingerprint density at radius 3 is 2.60 bits per heavy atom. The number of nitrogens with two attached hydrogens (primary N) is 1. The third-order valence-electron chi connectivity index (χ3n) is 2.44. The first-order valence-corrected chi connectivity index (χ1v) is 4.48. The van der Waals surface area contributed by atoms with Crippen LogP contribution in [0.4, 0.5) is 5.69 Å². The molecule has 0 saturated carbocycles. The number of nitro groups is 1. The zero-order valence-corrected chi connectivity index (χ0v) is 8.56. The molecule has 0 fully saturated rings. The monoisotopic (exact) mass is 208 g/mol. The minimum atomic E-state index is -0.509. The van der Waals surface area contributed by atoms with Gasteiger partial charge in [-0.05, 0) is 19.4 Å². The van der Waals surface area contributed by atoms with Crippen molar-refractivity contribution < 1.29 is 9.72 Å². The summed E-state index contributed by atoms with van der Waals surface area (Å²) in [7, 11) is 0. The Kier molecular flexibility index (Phi) is 3.04. The second-order valence-corrected chi connectivity index (χ2v) is 3.37. The van der Waals surface area contributed by atoms with Crippen LogP contribution in [-0.4, -0.2) is 10.8 Å². The Labute approximate surface area is 87.0 Å². The van der Waals surface area contributed by atoms with Gasteiger partial charge in [0.1, 0.15) is 0 Å². The van der Waals surface area contributed by atoms with E-state index in [-0.39, 0.29) is 5.69 Å². The van der Waals surface area contributed by atoms with Crippen LogP contribution in [0.15, 0.2) is 18.2 Å². The van der Waals surface area contributed by atoms with Gasteiger partial charge in [-0.2, -0.15) is 0 Å². The van der Waals surface area contributed by atoms with Crippen molar-refractivity contribution in [2.45, 2.75) is 19.8 Å². The van der Waals surface area contributed by atoms with Crippen LogP contribution in [0.5, 0.6) is 0 Å². The summed E-state index contributed by atoms with van der Waals surface area (Å²) in [6.45, 7) is 3.25. The van der Waals surface area contributed by atoms with Crippen LogP contribution in [0, 0.1) is 17.0 Å². The molecule has 1 atom stereocenters. The van der Waals surface area contributed by atoms with Crippen LogP contribution in [0.2, 0.25) is 0 Å². The molecule has 1 unspecified atom stereocenters. The molecule has 1 aromatic rings. The highest BCUT2D eigenvalue weighted by Gasteiger charge is 2.19. The van der Waals surface area contributed by atoms with E-state index in [1.807, 2.05) is 0 Å². The van der Waals surface area contributed by atoms with Crippen molar-refractivity contribution in [2.24, 2.45) is 5.73 Å². The van der Waals surface area contributed by atoms with Gasteiger partial charge in [0.25, 0.3) is 5.69 Å². The minimum absolute atomic E-state index is 0.0144. The topological polar surface area (TPSA) is 86.2 Å². The maximum atomic E-state index is 11.0. The molecule has 2 N–H and O–H groups in total. The molecule has 5 heteroatoms. The zero-order valence-electron chi connectivity index (χ0n) is 8.56. The number of rotatable bonds is 3. The first-order chi connectivity index (χ1) is 6.95. The predicted molar refractivity (Wildman–Crippen MR) is 55.4 cm³/mol. The van der Waals surface area contributed by atoms with E-state index in [1.165, 1.54) is 6.07 Å². The Morgan fingerprint density at radius 2 is 2.13 bits per heavy atom. The fraction of sp³-hybridized carbons (Fsp3) is 0.300. The summed E-state index contributed by atoms with van der Waals surface area (Å²) in [5.74, 6) is -0.997. The summed E-state index contributed by atoms with van der Waals surface area (Å²) < 4.78 is 0.